The maximum Gasteiger partial charge on any atom is 0.339 e. The molecule has 0 radical (unpaired) electrons. The molecule has 7 nitrogen and oxygen atoms in total. The largest absolute Gasteiger partial charge is 0.497 e. The van der Waals surface area contributed by atoms with Crippen molar-refractivity contribution in [3.63, 3.8) is 0 Å². The summed E-state index contributed by atoms with van der Waals surface area (Å²) in [4.78, 5) is 15.0. The monoisotopic (exact) mass is 263 g/mol. The minimum absolute atomic E-state index is 0.0678. The van der Waals surface area contributed by atoms with Crippen LogP contribution in [-0.4, -0.2) is 33.0 Å². The van der Waals surface area contributed by atoms with Gasteiger partial charge in [0.1, 0.15) is 17.9 Å². The molecule has 0 aromatic carbocycles. The minimum atomic E-state index is -1.04. The molecular weight excluding hydrogens is 250 g/mol. The van der Waals surface area contributed by atoms with Crippen LogP contribution in [0.15, 0.2) is 24.5 Å². The summed E-state index contributed by atoms with van der Waals surface area (Å²) in [6.45, 7) is 0.0678. The van der Waals surface area contributed by atoms with Gasteiger partial charge in [0.2, 0.25) is 5.88 Å². The quantitative estimate of drug-likeness (QED) is 0.869. The molecule has 2 heterocycles. The second-order valence-corrected chi connectivity index (χ2v) is 3.76. The van der Waals surface area contributed by atoms with Gasteiger partial charge in [-0.05, 0) is 6.07 Å². The second-order valence-electron chi connectivity index (χ2n) is 3.76. The Kier molecular flexibility index (Phi) is 3.65. The molecule has 0 saturated carbocycles. The number of aryl methyl sites for hydroxylation is 1. The molecular formula is C12H13N3O4. The molecule has 100 valence electrons. The van der Waals surface area contributed by atoms with Crippen LogP contribution in [0.4, 0.5) is 0 Å². The van der Waals surface area contributed by atoms with E-state index >= 15 is 0 Å². The molecule has 2 aromatic heterocycles. The topological polar surface area (TPSA) is 86.5 Å². The van der Waals surface area contributed by atoms with Crippen LogP contribution in [0, 0.1) is 0 Å². The average molecular weight is 263 g/mol. The number of ether oxygens (including phenoxy) is 2. The Hall–Kier alpha value is -2.57. The third kappa shape index (κ3) is 2.82. The van der Waals surface area contributed by atoms with E-state index in [9.17, 15) is 4.79 Å². The lowest BCUT2D eigenvalue weighted by Gasteiger charge is -2.07. The summed E-state index contributed by atoms with van der Waals surface area (Å²) in [5.74, 6) is -0.0596. The van der Waals surface area contributed by atoms with Gasteiger partial charge in [-0.2, -0.15) is 5.10 Å². The maximum atomic E-state index is 11.0. The molecule has 0 spiro atoms. The Bertz CT molecular complexity index is 594. The zero-order valence-corrected chi connectivity index (χ0v) is 10.5. The van der Waals surface area contributed by atoms with Gasteiger partial charge in [0, 0.05) is 19.3 Å². The molecule has 0 atom stereocenters. The molecule has 7 heteroatoms. The van der Waals surface area contributed by atoms with E-state index in [1.54, 1.807) is 32.5 Å². The van der Waals surface area contributed by atoms with E-state index in [1.807, 2.05) is 0 Å². The lowest BCUT2D eigenvalue weighted by Crippen LogP contribution is -2.09. The molecule has 19 heavy (non-hydrogen) atoms. The molecule has 0 aliphatic carbocycles. The number of carboxylic acids is 1. The maximum absolute atomic E-state index is 11.0. The van der Waals surface area contributed by atoms with Gasteiger partial charge in [-0.3, -0.25) is 4.68 Å². The summed E-state index contributed by atoms with van der Waals surface area (Å²) in [5, 5.41) is 12.9. The summed E-state index contributed by atoms with van der Waals surface area (Å²) in [5.41, 5.74) is 0.586. The molecule has 2 aromatic rings. The third-order valence-corrected chi connectivity index (χ3v) is 2.59. The average Bonchev–Trinajstić information content (AvgIpc) is 2.78. The van der Waals surface area contributed by atoms with Crippen LogP contribution in [0.3, 0.4) is 0 Å². The number of hydrogen-bond donors (Lipinski definition) is 1. The fraction of sp³-hybridized carbons (Fsp3) is 0.250. The van der Waals surface area contributed by atoms with Gasteiger partial charge in [0.05, 0.1) is 19.0 Å². The van der Waals surface area contributed by atoms with Crippen LogP contribution in [0.2, 0.25) is 0 Å². The van der Waals surface area contributed by atoms with Gasteiger partial charge in [-0.15, -0.1) is 0 Å². The van der Waals surface area contributed by atoms with Gasteiger partial charge in [-0.1, -0.05) is 0 Å². The van der Waals surface area contributed by atoms with Crippen molar-refractivity contribution in [3.8, 4) is 11.6 Å². The highest BCUT2D eigenvalue weighted by atomic mass is 16.5. The van der Waals surface area contributed by atoms with Crippen molar-refractivity contribution < 1.29 is 19.4 Å². The Morgan fingerprint density at radius 1 is 1.53 bits per heavy atom. The second kappa shape index (κ2) is 5.38. The SMILES string of the molecule is COc1ccnc(OCc2c(C(=O)O)cnn2C)c1. The normalized spacial score (nSPS) is 10.2. The zero-order chi connectivity index (χ0) is 13.8. The van der Waals surface area contributed by atoms with Gasteiger partial charge >= 0.3 is 5.97 Å². The summed E-state index contributed by atoms with van der Waals surface area (Å²) in [6.07, 6.45) is 2.84. The molecule has 2 rings (SSSR count). The van der Waals surface area contributed by atoms with E-state index < -0.39 is 5.97 Å². The Morgan fingerprint density at radius 2 is 2.32 bits per heavy atom. The summed E-state index contributed by atoms with van der Waals surface area (Å²) in [7, 11) is 3.20. The first kappa shape index (κ1) is 12.9. The van der Waals surface area contributed by atoms with Crippen LogP contribution < -0.4 is 9.47 Å². The Balaban J connectivity index is 2.14. The highest BCUT2D eigenvalue weighted by molar-refractivity contribution is 5.88. The predicted molar refractivity (Wildman–Crippen MR) is 65.3 cm³/mol. The van der Waals surface area contributed by atoms with Crippen LogP contribution in [0.1, 0.15) is 16.1 Å². The molecule has 0 fully saturated rings. The number of carbonyl (C=O) groups is 1. The highest BCUT2D eigenvalue weighted by Gasteiger charge is 2.15. The molecule has 0 saturated heterocycles. The van der Waals surface area contributed by atoms with E-state index in [0.717, 1.165) is 0 Å². The van der Waals surface area contributed by atoms with Crippen LogP contribution in [0.25, 0.3) is 0 Å². The first-order valence-electron chi connectivity index (χ1n) is 5.49. The van der Waals surface area contributed by atoms with Crippen molar-refractivity contribution in [2.45, 2.75) is 6.61 Å². The summed E-state index contributed by atoms with van der Waals surface area (Å²) in [6, 6.07) is 3.32. The zero-order valence-electron chi connectivity index (χ0n) is 10.5. The van der Waals surface area contributed by atoms with Crippen LogP contribution >= 0.6 is 0 Å². The fourth-order valence-electron chi connectivity index (χ4n) is 1.55. The number of nitrogens with zero attached hydrogens (tertiary/aromatic N) is 3. The first-order chi connectivity index (χ1) is 9.11. The van der Waals surface area contributed by atoms with Crippen molar-refractivity contribution in [2.75, 3.05) is 7.11 Å². The lowest BCUT2D eigenvalue weighted by atomic mass is 10.2. The van der Waals surface area contributed by atoms with Crippen LogP contribution in [-0.2, 0) is 13.7 Å². The molecule has 0 bridgehead atoms. The van der Waals surface area contributed by atoms with E-state index in [4.69, 9.17) is 14.6 Å². The van der Waals surface area contributed by atoms with E-state index in [2.05, 4.69) is 10.1 Å². The van der Waals surface area contributed by atoms with Crippen molar-refractivity contribution in [1.82, 2.24) is 14.8 Å². The number of aromatic nitrogens is 3. The van der Waals surface area contributed by atoms with Crippen molar-refractivity contribution in [3.05, 3.63) is 35.8 Å². The molecule has 0 amide bonds. The van der Waals surface area contributed by atoms with Crippen molar-refractivity contribution in [1.29, 1.82) is 0 Å². The number of hydrogen-bond acceptors (Lipinski definition) is 5. The first-order valence-corrected chi connectivity index (χ1v) is 5.49. The number of rotatable bonds is 5. The van der Waals surface area contributed by atoms with E-state index in [0.29, 0.717) is 17.3 Å². The number of pyridine rings is 1. The van der Waals surface area contributed by atoms with E-state index in [-0.39, 0.29) is 12.2 Å². The van der Waals surface area contributed by atoms with Gasteiger partial charge in [0.15, 0.2) is 0 Å². The van der Waals surface area contributed by atoms with Crippen LogP contribution in [0.5, 0.6) is 11.6 Å². The number of carboxylic acid groups (broad SMARTS) is 1. The number of methoxy groups -OCH3 is 1. The van der Waals surface area contributed by atoms with Crippen molar-refractivity contribution in [2.24, 2.45) is 7.05 Å². The third-order valence-electron chi connectivity index (χ3n) is 2.59. The van der Waals surface area contributed by atoms with Crippen molar-refractivity contribution >= 4 is 5.97 Å². The standard InChI is InChI=1S/C12H13N3O4/c1-15-10(9(6-14-15)12(16)17)7-19-11-5-8(18-2)3-4-13-11/h3-6H,7H2,1-2H3,(H,16,17). The van der Waals surface area contributed by atoms with Gasteiger partial charge in [-0.25, -0.2) is 9.78 Å². The molecule has 0 aliphatic heterocycles. The summed E-state index contributed by atoms with van der Waals surface area (Å²) >= 11 is 0. The molecule has 0 aliphatic rings. The Morgan fingerprint density at radius 3 is 3.00 bits per heavy atom. The summed E-state index contributed by atoms with van der Waals surface area (Å²) < 4.78 is 12.0. The molecule has 1 N–H and O–H groups in total. The van der Waals surface area contributed by atoms with E-state index in [1.165, 1.54) is 10.9 Å². The predicted octanol–water partition coefficient (Wildman–Crippen LogP) is 1.10. The lowest BCUT2D eigenvalue weighted by molar-refractivity contribution is 0.0693. The fourth-order valence-corrected chi connectivity index (χ4v) is 1.55. The highest BCUT2D eigenvalue weighted by Crippen LogP contribution is 2.17. The smallest absolute Gasteiger partial charge is 0.339 e. The molecule has 0 unspecified atom stereocenters. The minimum Gasteiger partial charge on any atom is -0.497 e. The number of aromatic carboxylic acids is 1. The van der Waals surface area contributed by atoms with Gasteiger partial charge in [0.25, 0.3) is 0 Å². The van der Waals surface area contributed by atoms with Gasteiger partial charge < -0.3 is 14.6 Å². The Labute approximate surface area is 109 Å².